The van der Waals surface area contributed by atoms with Crippen molar-refractivity contribution in [1.82, 2.24) is 4.90 Å². The van der Waals surface area contributed by atoms with Crippen LogP contribution in [0.3, 0.4) is 0 Å². The summed E-state index contributed by atoms with van der Waals surface area (Å²) in [6.07, 6.45) is -0.997. The Morgan fingerprint density at radius 3 is 2.74 bits per heavy atom. The van der Waals surface area contributed by atoms with Gasteiger partial charge in [0.25, 0.3) is 0 Å². The molecule has 19 heavy (non-hydrogen) atoms. The number of carbonyl (C=O) groups is 1. The lowest BCUT2D eigenvalue weighted by molar-refractivity contribution is -0.188. The summed E-state index contributed by atoms with van der Waals surface area (Å²) in [7, 11) is 0. The number of likely N-dealkylation sites (tertiary alicyclic amines) is 1. The van der Waals surface area contributed by atoms with Gasteiger partial charge in [-0.2, -0.15) is 13.2 Å². The highest BCUT2D eigenvalue weighted by atomic mass is 19.4. The molecule has 0 amide bonds. The van der Waals surface area contributed by atoms with Gasteiger partial charge in [-0.1, -0.05) is 0 Å². The van der Waals surface area contributed by atoms with E-state index >= 15 is 0 Å². The van der Waals surface area contributed by atoms with Crippen molar-refractivity contribution in [2.45, 2.75) is 31.9 Å². The Bertz CT molecular complexity index is 314. The Hall–Kier alpha value is -0.620. The summed E-state index contributed by atoms with van der Waals surface area (Å²) in [5, 5.41) is 0. The van der Waals surface area contributed by atoms with Crippen LogP contribution in [0.25, 0.3) is 0 Å². The fourth-order valence-corrected chi connectivity index (χ4v) is 3.04. The largest absolute Gasteiger partial charge is 0.393 e. The van der Waals surface area contributed by atoms with Gasteiger partial charge in [-0.05, 0) is 32.2 Å². The van der Waals surface area contributed by atoms with E-state index in [2.05, 4.69) is 0 Å². The third-order valence-corrected chi connectivity index (χ3v) is 4.11. The van der Waals surface area contributed by atoms with E-state index < -0.39 is 17.5 Å². The summed E-state index contributed by atoms with van der Waals surface area (Å²) in [6.45, 7) is 2.02. The molecule has 0 spiro atoms. The molecular formula is C13H20F3NO2. The summed E-state index contributed by atoms with van der Waals surface area (Å²) in [5.41, 5.74) is -0.605. The van der Waals surface area contributed by atoms with Gasteiger partial charge in [0.15, 0.2) is 0 Å². The molecule has 3 nitrogen and oxygen atoms in total. The van der Waals surface area contributed by atoms with E-state index in [0.717, 1.165) is 12.7 Å². The molecule has 0 aliphatic carbocycles. The van der Waals surface area contributed by atoms with Gasteiger partial charge < -0.3 is 14.4 Å². The second-order valence-corrected chi connectivity index (χ2v) is 5.75. The van der Waals surface area contributed by atoms with E-state index in [4.69, 9.17) is 4.74 Å². The Morgan fingerprint density at radius 2 is 2.16 bits per heavy atom. The number of hydrogen-bond donors (Lipinski definition) is 0. The first-order valence-electron chi connectivity index (χ1n) is 6.78. The quantitative estimate of drug-likeness (QED) is 0.742. The number of carbonyl (C=O) groups excluding carboxylic acids is 1. The molecule has 0 aromatic rings. The molecule has 2 unspecified atom stereocenters. The second kappa shape index (κ2) is 5.79. The summed E-state index contributed by atoms with van der Waals surface area (Å²) >= 11 is 0. The zero-order chi connectivity index (χ0) is 13.9. The third-order valence-electron chi connectivity index (χ3n) is 4.11. The lowest BCUT2D eigenvalue weighted by Crippen LogP contribution is -2.49. The van der Waals surface area contributed by atoms with E-state index in [1.807, 2.05) is 0 Å². The minimum absolute atomic E-state index is 0.0130. The normalized spacial score (nSPS) is 34.2. The van der Waals surface area contributed by atoms with E-state index in [1.165, 1.54) is 0 Å². The Labute approximate surface area is 111 Å². The fraction of sp³-hybridized carbons (Fsp3) is 0.923. The van der Waals surface area contributed by atoms with Crippen LogP contribution in [-0.4, -0.2) is 50.2 Å². The van der Waals surface area contributed by atoms with Crippen LogP contribution in [0.2, 0.25) is 0 Å². The standard InChI is InChI=1S/C13H20F3NO2/c14-13(15,16)11-3-1-5-17(7-11)8-12(9-18)4-2-6-19-10-12/h9,11H,1-8,10H2. The lowest BCUT2D eigenvalue weighted by Gasteiger charge is -2.40. The first-order valence-corrected chi connectivity index (χ1v) is 6.78. The Balaban J connectivity index is 1.96. The average molecular weight is 279 g/mol. The fourth-order valence-electron chi connectivity index (χ4n) is 3.04. The first kappa shape index (κ1) is 14.8. The Kier molecular flexibility index (Phi) is 4.50. The number of hydrogen-bond acceptors (Lipinski definition) is 3. The molecule has 0 radical (unpaired) electrons. The molecule has 0 aromatic heterocycles. The lowest BCUT2D eigenvalue weighted by atomic mass is 9.82. The highest BCUT2D eigenvalue weighted by Gasteiger charge is 2.43. The van der Waals surface area contributed by atoms with Gasteiger partial charge in [0.1, 0.15) is 6.29 Å². The molecule has 2 atom stereocenters. The number of piperidine rings is 1. The highest BCUT2D eigenvalue weighted by molar-refractivity contribution is 5.60. The molecule has 2 saturated heterocycles. The number of rotatable bonds is 3. The first-order chi connectivity index (χ1) is 8.95. The highest BCUT2D eigenvalue weighted by Crippen LogP contribution is 2.35. The molecule has 2 heterocycles. The van der Waals surface area contributed by atoms with Gasteiger partial charge in [0.2, 0.25) is 0 Å². The van der Waals surface area contributed by atoms with Crippen molar-refractivity contribution in [3.05, 3.63) is 0 Å². The molecule has 110 valence electrons. The van der Waals surface area contributed by atoms with Crippen molar-refractivity contribution in [3.63, 3.8) is 0 Å². The van der Waals surface area contributed by atoms with Crippen molar-refractivity contribution in [3.8, 4) is 0 Å². The van der Waals surface area contributed by atoms with E-state index in [0.29, 0.717) is 39.1 Å². The number of aldehydes is 1. The van der Waals surface area contributed by atoms with Crippen molar-refractivity contribution >= 4 is 6.29 Å². The van der Waals surface area contributed by atoms with Crippen LogP contribution in [-0.2, 0) is 9.53 Å². The van der Waals surface area contributed by atoms with E-state index in [1.54, 1.807) is 4.90 Å². The number of ether oxygens (including phenoxy) is 1. The molecule has 0 N–H and O–H groups in total. The van der Waals surface area contributed by atoms with E-state index in [9.17, 15) is 18.0 Å². The zero-order valence-corrected chi connectivity index (χ0v) is 10.9. The SMILES string of the molecule is O=CC1(CN2CCCC(C(F)(F)F)C2)CCCOC1. The topological polar surface area (TPSA) is 29.5 Å². The summed E-state index contributed by atoms with van der Waals surface area (Å²) in [5.74, 6) is -1.26. The van der Waals surface area contributed by atoms with Gasteiger partial charge >= 0.3 is 6.18 Å². The summed E-state index contributed by atoms with van der Waals surface area (Å²) < 4.78 is 43.6. The maximum absolute atomic E-state index is 12.7. The molecule has 2 rings (SSSR count). The van der Waals surface area contributed by atoms with Crippen LogP contribution >= 0.6 is 0 Å². The smallest absolute Gasteiger partial charge is 0.380 e. The molecule has 0 bridgehead atoms. The summed E-state index contributed by atoms with van der Waals surface area (Å²) in [4.78, 5) is 13.1. The van der Waals surface area contributed by atoms with Gasteiger partial charge in [-0.3, -0.25) is 0 Å². The van der Waals surface area contributed by atoms with Crippen LogP contribution in [0, 0.1) is 11.3 Å². The van der Waals surface area contributed by atoms with Crippen LogP contribution in [0.15, 0.2) is 0 Å². The minimum Gasteiger partial charge on any atom is -0.380 e. The van der Waals surface area contributed by atoms with E-state index in [-0.39, 0.29) is 13.0 Å². The molecule has 2 aliphatic heterocycles. The molecule has 0 aromatic carbocycles. The minimum atomic E-state index is -4.13. The van der Waals surface area contributed by atoms with Crippen molar-refractivity contribution in [2.24, 2.45) is 11.3 Å². The van der Waals surface area contributed by atoms with Crippen LogP contribution in [0.1, 0.15) is 25.7 Å². The van der Waals surface area contributed by atoms with Gasteiger partial charge in [-0.15, -0.1) is 0 Å². The van der Waals surface area contributed by atoms with Crippen LogP contribution < -0.4 is 0 Å². The number of halogens is 3. The average Bonchev–Trinajstić information content (AvgIpc) is 2.39. The molecular weight excluding hydrogens is 259 g/mol. The molecule has 2 aliphatic rings. The van der Waals surface area contributed by atoms with Crippen molar-refractivity contribution in [2.75, 3.05) is 32.8 Å². The number of nitrogens with zero attached hydrogens (tertiary/aromatic N) is 1. The second-order valence-electron chi connectivity index (χ2n) is 5.75. The predicted octanol–water partition coefficient (Wildman–Crippen LogP) is 2.26. The van der Waals surface area contributed by atoms with Gasteiger partial charge in [0.05, 0.1) is 17.9 Å². The number of alkyl halides is 3. The maximum Gasteiger partial charge on any atom is 0.393 e. The van der Waals surface area contributed by atoms with Crippen LogP contribution in [0.4, 0.5) is 13.2 Å². The summed E-state index contributed by atoms with van der Waals surface area (Å²) in [6, 6.07) is 0. The predicted molar refractivity (Wildman–Crippen MR) is 63.8 cm³/mol. The van der Waals surface area contributed by atoms with Crippen molar-refractivity contribution < 1.29 is 22.7 Å². The molecule has 2 fully saturated rings. The monoisotopic (exact) mass is 279 g/mol. The zero-order valence-electron chi connectivity index (χ0n) is 10.9. The van der Waals surface area contributed by atoms with Gasteiger partial charge in [-0.25, -0.2) is 0 Å². The maximum atomic E-state index is 12.7. The molecule has 6 heteroatoms. The van der Waals surface area contributed by atoms with Gasteiger partial charge in [0, 0.05) is 19.7 Å². The third kappa shape index (κ3) is 3.69. The Morgan fingerprint density at radius 1 is 1.37 bits per heavy atom. The van der Waals surface area contributed by atoms with Crippen LogP contribution in [0.5, 0.6) is 0 Å². The molecule has 0 saturated carbocycles. The van der Waals surface area contributed by atoms with Crippen molar-refractivity contribution in [1.29, 1.82) is 0 Å².